The van der Waals surface area contributed by atoms with Crippen molar-refractivity contribution in [2.45, 2.75) is 31.7 Å². The van der Waals surface area contributed by atoms with Crippen molar-refractivity contribution in [3.63, 3.8) is 0 Å². The molecule has 152 valence electrons. The van der Waals surface area contributed by atoms with Gasteiger partial charge in [0.25, 0.3) is 5.56 Å². The molecule has 0 spiro atoms. The maximum absolute atomic E-state index is 12.2. The molecule has 0 aliphatic heterocycles. The molecule has 0 fully saturated rings. The third-order valence-electron chi connectivity index (χ3n) is 4.15. The predicted octanol–water partition coefficient (Wildman–Crippen LogP) is 0.959. The van der Waals surface area contributed by atoms with Gasteiger partial charge in [0.2, 0.25) is 15.9 Å². The van der Waals surface area contributed by atoms with Crippen LogP contribution in [0.5, 0.6) is 5.75 Å². The fraction of sp³-hybridized carbons (Fsp3) is 0.368. The Morgan fingerprint density at radius 2 is 1.89 bits per heavy atom. The van der Waals surface area contributed by atoms with Gasteiger partial charge in [-0.3, -0.25) is 9.59 Å². The lowest BCUT2D eigenvalue weighted by Gasteiger charge is -2.12. The summed E-state index contributed by atoms with van der Waals surface area (Å²) in [6.07, 6.45) is 0.00153. The Morgan fingerprint density at radius 1 is 1.14 bits per heavy atom. The summed E-state index contributed by atoms with van der Waals surface area (Å²) < 4.78 is 33.4. The van der Waals surface area contributed by atoms with Crippen LogP contribution in [0.2, 0.25) is 0 Å². The number of hydrogen-bond donors (Lipinski definition) is 2. The number of benzene rings is 1. The molecule has 8 nitrogen and oxygen atoms in total. The molecule has 1 heterocycles. The summed E-state index contributed by atoms with van der Waals surface area (Å²) >= 11 is 0. The van der Waals surface area contributed by atoms with E-state index in [0.717, 1.165) is 11.3 Å². The van der Waals surface area contributed by atoms with Crippen molar-refractivity contribution >= 4 is 15.9 Å². The number of rotatable bonds is 9. The lowest BCUT2D eigenvalue weighted by molar-refractivity contribution is -0.120. The summed E-state index contributed by atoms with van der Waals surface area (Å²) in [5.41, 5.74) is 1.35. The Morgan fingerprint density at radius 3 is 2.54 bits per heavy atom. The number of carbonyl (C=O) groups excluding carboxylic acids is 1. The van der Waals surface area contributed by atoms with Crippen molar-refractivity contribution in [3.8, 4) is 5.75 Å². The first-order valence-electron chi connectivity index (χ1n) is 8.81. The van der Waals surface area contributed by atoms with Crippen molar-refractivity contribution in [1.29, 1.82) is 0 Å². The number of nitrogens with zero attached hydrogens (tertiary/aromatic N) is 1. The minimum absolute atomic E-state index is 0.00153. The summed E-state index contributed by atoms with van der Waals surface area (Å²) in [5, 5.41) is 2.68. The van der Waals surface area contributed by atoms with Crippen LogP contribution in [0, 0.1) is 13.8 Å². The fourth-order valence-electron chi connectivity index (χ4n) is 2.66. The van der Waals surface area contributed by atoms with E-state index in [1.54, 1.807) is 25.1 Å². The Kier molecular flexibility index (Phi) is 7.36. The van der Waals surface area contributed by atoms with Crippen molar-refractivity contribution in [2.75, 3.05) is 20.2 Å². The standard InChI is InChI=1S/C19H25N3O5S/c1-14-5-4-6-17(11-14)28(25,26)21-8-7-18(23)20-9-10-22-15(2)12-16(27-3)13-19(22)24/h4-6,11-13,21H,7-10H2,1-3H3,(H,20,23). The third-order valence-corrected chi connectivity index (χ3v) is 5.60. The van der Waals surface area contributed by atoms with Crippen molar-refractivity contribution in [2.24, 2.45) is 0 Å². The summed E-state index contributed by atoms with van der Waals surface area (Å²) in [6, 6.07) is 9.67. The molecule has 2 aromatic rings. The largest absolute Gasteiger partial charge is 0.496 e. The second-order valence-electron chi connectivity index (χ2n) is 6.34. The summed E-state index contributed by atoms with van der Waals surface area (Å²) in [6.45, 7) is 4.16. The maximum atomic E-state index is 12.2. The monoisotopic (exact) mass is 407 g/mol. The lowest BCUT2D eigenvalue weighted by Crippen LogP contribution is -2.34. The van der Waals surface area contributed by atoms with Gasteiger partial charge in [0.1, 0.15) is 5.75 Å². The number of carbonyl (C=O) groups is 1. The molecular weight excluding hydrogens is 382 g/mol. The minimum Gasteiger partial charge on any atom is -0.496 e. The highest BCUT2D eigenvalue weighted by Gasteiger charge is 2.14. The van der Waals surface area contributed by atoms with Crippen molar-refractivity contribution in [1.82, 2.24) is 14.6 Å². The third kappa shape index (κ3) is 5.93. The molecule has 0 bridgehead atoms. The van der Waals surface area contributed by atoms with Crippen LogP contribution in [0.15, 0.2) is 46.1 Å². The normalized spacial score (nSPS) is 11.2. The van der Waals surface area contributed by atoms with Gasteiger partial charge in [0, 0.05) is 37.8 Å². The van der Waals surface area contributed by atoms with Gasteiger partial charge >= 0.3 is 0 Å². The molecule has 1 amide bonds. The zero-order valence-corrected chi connectivity index (χ0v) is 17.0. The summed E-state index contributed by atoms with van der Waals surface area (Å²) in [5.74, 6) is 0.190. The van der Waals surface area contributed by atoms with E-state index in [1.165, 1.54) is 23.8 Å². The van der Waals surface area contributed by atoms with Crippen LogP contribution < -0.4 is 20.3 Å². The number of aromatic nitrogens is 1. The molecule has 0 aliphatic rings. The van der Waals surface area contributed by atoms with Gasteiger partial charge in [-0.1, -0.05) is 12.1 Å². The number of amides is 1. The fourth-order valence-corrected chi connectivity index (χ4v) is 3.80. The number of sulfonamides is 1. The molecule has 1 aromatic heterocycles. The second-order valence-corrected chi connectivity index (χ2v) is 8.11. The van der Waals surface area contributed by atoms with Crippen LogP contribution in [0.1, 0.15) is 17.7 Å². The zero-order valence-electron chi connectivity index (χ0n) is 16.2. The Labute approximate surface area is 164 Å². The highest BCUT2D eigenvalue weighted by atomic mass is 32.2. The first kappa shape index (κ1) is 21.6. The van der Waals surface area contributed by atoms with E-state index in [2.05, 4.69) is 10.0 Å². The Hall–Kier alpha value is -2.65. The van der Waals surface area contributed by atoms with E-state index < -0.39 is 10.0 Å². The predicted molar refractivity (Wildman–Crippen MR) is 106 cm³/mol. The van der Waals surface area contributed by atoms with Gasteiger partial charge in [-0.15, -0.1) is 0 Å². The SMILES string of the molecule is COc1cc(C)n(CCNC(=O)CCNS(=O)(=O)c2cccc(C)c2)c(=O)c1. The van der Waals surface area contributed by atoms with Crippen LogP contribution in [0.25, 0.3) is 0 Å². The quantitative estimate of drug-likeness (QED) is 0.644. The number of methoxy groups -OCH3 is 1. The average Bonchev–Trinajstić information content (AvgIpc) is 2.63. The molecule has 0 radical (unpaired) electrons. The molecule has 28 heavy (non-hydrogen) atoms. The van der Waals surface area contributed by atoms with Crippen LogP contribution >= 0.6 is 0 Å². The molecule has 0 atom stereocenters. The van der Waals surface area contributed by atoms with Gasteiger partial charge in [0.15, 0.2) is 0 Å². The topological polar surface area (TPSA) is 106 Å². The highest BCUT2D eigenvalue weighted by Crippen LogP contribution is 2.10. The lowest BCUT2D eigenvalue weighted by atomic mass is 10.2. The van der Waals surface area contributed by atoms with Gasteiger partial charge in [0.05, 0.1) is 12.0 Å². The number of hydrogen-bond acceptors (Lipinski definition) is 5. The Bertz CT molecular complexity index is 999. The number of ether oxygens (including phenoxy) is 1. The zero-order chi connectivity index (χ0) is 20.7. The van der Waals surface area contributed by atoms with E-state index in [4.69, 9.17) is 4.74 Å². The molecule has 9 heteroatoms. The number of pyridine rings is 1. The minimum atomic E-state index is -3.65. The van der Waals surface area contributed by atoms with Gasteiger partial charge in [-0.25, -0.2) is 13.1 Å². The van der Waals surface area contributed by atoms with Crippen molar-refractivity contribution < 1.29 is 17.9 Å². The molecule has 0 saturated carbocycles. The smallest absolute Gasteiger partial charge is 0.254 e. The van der Waals surface area contributed by atoms with Crippen LogP contribution in [-0.4, -0.2) is 39.1 Å². The van der Waals surface area contributed by atoms with Gasteiger partial charge < -0.3 is 14.6 Å². The summed E-state index contributed by atoms with van der Waals surface area (Å²) in [4.78, 5) is 24.1. The van der Waals surface area contributed by atoms with E-state index in [0.29, 0.717) is 12.3 Å². The van der Waals surface area contributed by atoms with Gasteiger partial charge in [-0.2, -0.15) is 0 Å². The Balaban J connectivity index is 1.80. The highest BCUT2D eigenvalue weighted by molar-refractivity contribution is 7.89. The summed E-state index contributed by atoms with van der Waals surface area (Å²) in [7, 11) is -2.16. The number of aryl methyl sites for hydroxylation is 2. The first-order valence-corrected chi connectivity index (χ1v) is 10.3. The maximum Gasteiger partial charge on any atom is 0.254 e. The molecule has 0 saturated heterocycles. The van der Waals surface area contributed by atoms with E-state index >= 15 is 0 Å². The number of nitrogens with one attached hydrogen (secondary N) is 2. The molecular formula is C19H25N3O5S. The molecule has 2 N–H and O–H groups in total. The van der Waals surface area contributed by atoms with Crippen molar-refractivity contribution in [3.05, 3.63) is 58.0 Å². The molecule has 0 aliphatic carbocycles. The van der Waals surface area contributed by atoms with E-state index in [9.17, 15) is 18.0 Å². The molecule has 1 aromatic carbocycles. The van der Waals surface area contributed by atoms with Crippen LogP contribution in [0.4, 0.5) is 0 Å². The van der Waals surface area contributed by atoms with Gasteiger partial charge in [-0.05, 0) is 37.6 Å². The first-order chi connectivity index (χ1) is 13.2. The van der Waals surface area contributed by atoms with E-state index in [1.807, 2.05) is 13.0 Å². The van der Waals surface area contributed by atoms with Crippen LogP contribution in [0.3, 0.4) is 0 Å². The molecule has 0 unspecified atom stereocenters. The average molecular weight is 407 g/mol. The van der Waals surface area contributed by atoms with E-state index in [-0.39, 0.29) is 35.9 Å². The van der Waals surface area contributed by atoms with Crippen LogP contribution in [-0.2, 0) is 21.4 Å². The molecule has 2 rings (SSSR count). The second kappa shape index (κ2) is 9.52.